The van der Waals surface area contributed by atoms with Crippen molar-refractivity contribution in [2.75, 3.05) is 6.54 Å². The molecule has 0 aliphatic heterocycles. The first kappa shape index (κ1) is 8.26. The highest BCUT2D eigenvalue weighted by Crippen LogP contribution is 2.21. The quantitative estimate of drug-likeness (QED) is 0.766. The second-order valence-electron chi connectivity index (χ2n) is 2.94. The summed E-state index contributed by atoms with van der Waals surface area (Å²) in [4.78, 5) is 0. The fourth-order valence-electron chi connectivity index (χ4n) is 1.46. The molecule has 0 fully saturated rings. The lowest BCUT2D eigenvalue weighted by Gasteiger charge is -1.99. The monoisotopic (exact) mass is 179 g/mol. The van der Waals surface area contributed by atoms with Crippen molar-refractivity contribution in [1.82, 2.24) is 0 Å². The van der Waals surface area contributed by atoms with Crippen molar-refractivity contribution >= 4 is 11.0 Å². The third-order valence-corrected chi connectivity index (χ3v) is 2.01. The van der Waals surface area contributed by atoms with Crippen LogP contribution in [0.25, 0.3) is 11.0 Å². The zero-order valence-corrected chi connectivity index (χ0v) is 7.09. The van der Waals surface area contributed by atoms with Crippen molar-refractivity contribution in [3.05, 3.63) is 35.8 Å². The molecule has 1 heterocycles. The molecule has 2 nitrogen and oxygen atoms in total. The van der Waals surface area contributed by atoms with Gasteiger partial charge in [0.1, 0.15) is 11.4 Å². The highest BCUT2D eigenvalue weighted by molar-refractivity contribution is 5.80. The number of nitrogens with two attached hydrogens (primary N) is 1. The predicted molar refractivity (Wildman–Crippen MR) is 48.9 cm³/mol. The van der Waals surface area contributed by atoms with Crippen LogP contribution in [-0.2, 0) is 6.42 Å². The van der Waals surface area contributed by atoms with E-state index in [1.807, 2.05) is 0 Å². The van der Waals surface area contributed by atoms with Crippen LogP contribution in [0.3, 0.4) is 0 Å². The fourth-order valence-corrected chi connectivity index (χ4v) is 1.46. The molecule has 13 heavy (non-hydrogen) atoms. The van der Waals surface area contributed by atoms with E-state index in [-0.39, 0.29) is 5.82 Å². The number of rotatable bonds is 2. The van der Waals surface area contributed by atoms with Gasteiger partial charge in [0.25, 0.3) is 0 Å². The smallest absolute Gasteiger partial charge is 0.137 e. The molecule has 0 aliphatic rings. The van der Waals surface area contributed by atoms with E-state index in [2.05, 4.69) is 0 Å². The van der Waals surface area contributed by atoms with Crippen LogP contribution in [0.4, 0.5) is 4.39 Å². The minimum absolute atomic E-state index is 0.239. The lowest BCUT2D eigenvalue weighted by Crippen LogP contribution is -2.03. The molecule has 2 N–H and O–H groups in total. The van der Waals surface area contributed by atoms with E-state index in [1.54, 1.807) is 12.3 Å². The van der Waals surface area contributed by atoms with Crippen molar-refractivity contribution in [1.29, 1.82) is 0 Å². The topological polar surface area (TPSA) is 39.2 Å². The Kier molecular flexibility index (Phi) is 2.02. The summed E-state index contributed by atoms with van der Waals surface area (Å²) in [5.41, 5.74) is 6.98. The zero-order chi connectivity index (χ0) is 9.26. The maximum atomic E-state index is 13.0. The first-order valence-electron chi connectivity index (χ1n) is 4.17. The van der Waals surface area contributed by atoms with Crippen LogP contribution in [0, 0.1) is 5.82 Å². The molecule has 0 unspecified atom stereocenters. The summed E-state index contributed by atoms with van der Waals surface area (Å²) in [6.45, 7) is 0.499. The first-order chi connectivity index (χ1) is 6.31. The van der Waals surface area contributed by atoms with Gasteiger partial charge in [-0.05, 0) is 36.7 Å². The van der Waals surface area contributed by atoms with E-state index in [1.165, 1.54) is 12.1 Å². The number of halogens is 1. The molecular formula is C10H10FNO. The summed E-state index contributed by atoms with van der Waals surface area (Å²) in [6.07, 6.45) is 2.20. The van der Waals surface area contributed by atoms with E-state index in [0.29, 0.717) is 13.0 Å². The molecule has 0 radical (unpaired) electrons. The average Bonchev–Trinajstić information content (AvgIpc) is 2.52. The van der Waals surface area contributed by atoms with Gasteiger partial charge in [0.05, 0.1) is 6.26 Å². The van der Waals surface area contributed by atoms with E-state index >= 15 is 0 Å². The van der Waals surface area contributed by atoms with Crippen LogP contribution in [0.15, 0.2) is 28.9 Å². The normalized spacial score (nSPS) is 10.9. The first-order valence-corrected chi connectivity index (χ1v) is 4.17. The maximum Gasteiger partial charge on any atom is 0.137 e. The Hall–Kier alpha value is -1.35. The molecule has 0 atom stereocenters. The number of hydrogen-bond donors (Lipinski definition) is 1. The standard InChI is InChI=1S/C10H10FNO/c11-9-5-7(1-3-12)10-8(6-9)2-4-13-10/h2,4-6H,1,3,12H2. The summed E-state index contributed by atoms with van der Waals surface area (Å²) in [6, 6.07) is 4.68. The summed E-state index contributed by atoms with van der Waals surface area (Å²) in [5.74, 6) is -0.239. The van der Waals surface area contributed by atoms with Crippen molar-refractivity contribution < 1.29 is 8.81 Å². The molecule has 1 aromatic carbocycles. The van der Waals surface area contributed by atoms with Crippen LogP contribution in [0.1, 0.15) is 5.56 Å². The zero-order valence-electron chi connectivity index (χ0n) is 7.09. The third-order valence-electron chi connectivity index (χ3n) is 2.01. The van der Waals surface area contributed by atoms with Gasteiger partial charge in [-0.3, -0.25) is 0 Å². The lowest BCUT2D eigenvalue weighted by molar-refractivity contribution is 0.603. The van der Waals surface area contributed by atoms with Gasteiger partial charge in [0, 0.05) is 5.39 Å². The predicted octanol–water partition coefficient (Wildman–Crippen LogP) is 2.07. The Morgan fingerprint density at radius 3 is 3.00 bits per heavy atom. The van der Waals surface area contributed by atoms with Crippen LogP contribution in [0.5, 0.6) is 0 Å². The van der Waals surface area contributed by atoms with Gasteiger partial charge in [-0.25, -0.2) is 4.39 Å². The van der Waals surface area contributed by atoms with Crippen molar-refractivity contribution in [2.24, 2.45) is 5.73 Å². The number of furan rings is 1. The molecule has 1 aromatic heterocycles. The average molecular weight is 179 g/mol. The highest BCUT2D eigenvalue weighted by atomic mass is 19.1. The van der Waals surface area contributed by atoms with Gasteiger partial charge in [0.15, 0.2) is 0 Å². The Labute approximate surface area is 75.1 Å². The van der Waals surface area contributed by atoms with E-state index < -0.39 is 0 Å². The molecule has 0 aliphatic carbocycles. The minimum Gasteiger partial charge on any atom is -0.464 e. The number of hydrogen-bond acceptors (Lipinski definition) is 2. The van der Waals surface area contributed by atoms with Gasteiger partial charge in [-0.2, -0.15) is 0 Å². The summed E-state index contributed by atoms with van der Waals surface area (Å²) in [7, 11) is 0. The molecule has 68 valence electrons. The van der Waals surface area contributed by atoms with Crippen LogP contribution >= 0.6 is 0 Å². The Morgan fingerprint density at radius 1 is 1.38 bits per heavy atom. The van der Waals surface area contributed by atoms with Crippen LogP contribution in [0.2, 0.25) is 0 Å². The molecule has 0 saturated heterocycles. The minimum atomic E-state index is -0.239. The van der Waals surface area contributed by atoms with Crippen molar-refractivity contribution in [3.8, 4) is 0 Å². The molecule has 0 saturated carbocycles. The van der Waals surface area contributed by atoms with Gasteiger partial charge >= 0.3 is 0 Å². The fraction of sp³-hybridized carbons (Fsp3) is 0.200. The van der Waals surface area contributed by atoms with Gasteiger partial charge in [0.2, 0.25) is 0 Å². The largest absolute Gasteiger partial charge is 0.464 e. The molecule has 0 spiro atoms. The Balaban J connectivity index is 2.63. The summed E-state index contributed by atoms with van der Waals surface area (Å²) >= 11 is 0. The lowest BCUT2D eigenvalue weighted by atomic mass is 10.1. The van der Waals surface area contributed by atoms with E-state index in [9.17, 15) is 4.39 Å². The van der Waals surface area contributed by atoms with Gasteiger partial charge in [-0.15, -0.1) is 0 Å². The molecule has 0 amide bonds. The van der Waals surface area contributed by atoms with E-state index in [0.717, 1.165) is 16.5 Å². The van der Waals surface area contributed by atoms with E-state index in [4.69, 9.17) is 10.2 Å². The Morgan fingerprint density at radius 2 is 2.23 bits per heavy atom. The molecule has 2 aromatic rings. The highest BCUT2D eigenvalue weighted by Gasteiger charge is 2.05. The number of fused-ring (bicyclic) bond motifs is 1. The molecular weight excluding hydrogens is 169 g/mol. The summed E-state index contributed by atoms with van der Waals surface area (Å²) < 4.78 is 18.2. The molecule has 2 rings (SSSR count). The SMILES string of the molecule is NCCc1cc(F)cc2ccoc12. The van der Waals surface area contributed by atoms with Crippen LogP contribution in [-0.4, -0.2) is 6.54 Å². The second kappa shape index (κ2) is 3.18. The van der Waals surface area contributed by atoms with Crippen molar-refractivity contribution in [3.63, 3.8) is 0 Å². The second-order valence-corrected chi connectivity index (χ2v) is 2.94. The third kappa shape index (κ3) is 1.42. The number of benzene rings is 1. The summed E-state index contributed by atoms with van der Waals surface area (Å²) in [5, 5.41) is 0.795. The molecule has 0 bridgehead atoms. The molecule has 3 heteroatoms. The van der Waals surface area contributed by atoms with Crippen LogP contribution < -0.4 is 5.73 Å². The Bertz CT molecular complexity index is 422. The van der Waals surface area contributed by atoms with Crippen molar-refractivity contribution in [2.45, 2.75) is 6.42 Å². The van der Waals surface area contributed by atoms with Gasteiger partial charge in [-0.1, -0.05) is 0 Å². The van der Waals surface area contributed by atoms with Gasteiger partial charge < -0.3 is 10.2 Å². The maximum absolute atomic E-state index is 13.0.